The van der Waals surface area contributed by atoms with Crippen LogP contribution in [0.5, 0.6) is 11.5 Å². The monoisotopic (exact) mass is 385 g/mol. The van der Waals surface area contributed by atoms with Gasteiger partial charge in [-0.1, -0.05) is 29.3 Å². The van der Waals surface area contributed by atoms with E-state index < -0.39 is 0 Å². The summed E-state index contributed by atoms with van der Waals surface area (Å²) in [6, 6.07) is 11.9. The minimum atomic E-state index is 0.494. The smallest absolute Gasteiger partial charge is 0.146 e. The van der Waals surface area contributed by atoms with Crippen LogP contribution in [-0.2, 0) is 6.54 Å². The van der Waals surface area contributed by atoms with Crippen LogP contribution in [0.4, 0.5) is 0 Å². The summed E-state index contributed by atoms with van der Waals surface area (Å²) in [6.07, 6.45) is 2.58. The van der Waals surface area contributed by atoms with E-state index in [1.807, 2.05) is 6.07 Å². The maximum atomic E-state index is 6.12. The van der Waals surface area contributed by atoms with Crippen molar-refractivity contribution >= 4 is 39.1 Å². The summed E-state index contributed by atoms with van der Waals surface area (Å²) >= 11 is 15.5. The first kappa shape index (κ1) is 15.2. The van der Waals surface area contributed by atoms with E-state index in [4.69, 9.17) is 27.9 Å². The van der Waals surface area contributed by atoms with Crippen LogP contribution in [0.3, 0.4) is 0 Å². The van der Waals surface area contributed by atoms with Gasteiger partial charge < -0.3 is 10.1 Å². The number of nitrogens with one attached hydrogen (secondary N) is 1. The summed E-state index contributed by atoms with van der Waals surface area (Å²) in [7, 11) is 0. The van der Waals surface area contributed by atoms with Crippen LogP contribution in [0.2, 0.25) is 10.0 Å². The van der Waals surface area contributed by atoms with Crippen LogP contribution >= 0.6 is 39.1 Å². The second kappa shape index (κ2) is 6.57. The summed E-state index contributed by atoms with van der Waals surface area (Å²) in [5, 5.41) is 4.57. The first-order chi connectivity index (χ1) is 10.1. The molecular weight excluding hydrogens is 373 g/mol. The molecule has 1 saturated carbocycles. The van der Waals surface area contributed by atoms with E-state index in [9.17, 15) is 0 Å². The molecule has 3 rings (SSSR count). The highest BCUT2D eigenvalue weighted by Crippen LogP contribution is 2.35. The Balaban J connectivity index is 1.72. The van der Waals surface area contributed by atoms with Gasteiger partial charge in [-0.05, 0) is 64.7 Å². The van der Waals surface area contributed by atoms with Gasteiger partial charge in [0.2, 0.25) is 0 Å². The molecule has 0 saturated heterocycles. The maximum absolute atomic E-state index is 6.12. The van der Waals surface area contributed by atoms with E-state index in [0.717, 1.165) is 16.8 Å². The molecular formula is C16H14BrCl2NO. The quantitative estimate of drug-likeness (QED) is 0.700. The molecule has 0 unspecified atom stereocenters. The fraction of sp³-hybridized carbons (Fsp3) is 0.250. The number of benzene rings is 2. The van der Waals surface area contributed by atoms with Crippen LogP contribution in [0.25, 0.3) is 0 Å². The predicted octanol–water partition coefficient (Wildman–Crippen LogP) is 5.80. The molecule has 5 heteroatoms. The predicted molar refractivity (Wildman–Crippen MR) is 90.5 cm³/mol. The Morgan fingerprint density at radius 3 is 2.52 bits per heavy atom. The zero-order valence-electron chi connectivity index (χ0n) is 11.2. The van der Waals surface area contributed by atoms with Crippen molar-refractivity contribution in [1.29, 1.82) is 0 Å². The molecule has 0 atom stereocenters. The molecule has 1 aliphatic carbocycles. The van der Waals surface area contributed by atoms with Gasteiger partial charge in [-0.3, -0.25) is 0 Å². The molecule has 2 aromatic carbocycles. The van der Waals surface area contributed by atoms with Gasteiger partial charge >= 0.3 is 0 Å². The Hall–Kier alpha value is -0.740. The average Bonchev–Trinajstić information content (AvgIpc) is 3.26. The summed E-state index contributed by atoms with van der Waals surface area (Å²) in [4.78, 5) is 0. The second-order valence-corrected chi connectivity index (χ2v) is 6.79. The zero-order valence-corrected chi connectivity index (χ0v) is 14.3. The van der Waals surface area contributed by atoms with Crippen molar-refractivity contribution in [2.75, 3.05) is 0 Å². The van der Waals surface area contributed by atoms with E-state index in [-0.39, 0.29) is 0 Å². The molecule has 1 aliphatic rings. The minimum absolute atomic E-state index is 0.494. The molecule has 21 heavy (non-hydrogen) atoms. The molecule has 0 heterocycles. The number of rotatable bonds is 5. The SMILES string of the molecule is Clc1ccc(Oc2ccc(CNC3CC3)cc2Br)c(Cl)c1. The van der Waals surface area contributed by atoms with E-state index in [2.05, 4.69) is 33.4 Å². The zero-order chi connectivity index (χ0) is 14.8. The van der Waals surface area contributed by atoms with Crippen molar-refractivity contribution in [3.8, 4) is 11.5 Å². The van der Waals surface area contributed by atoms with Gasteiger partial charge in [0.05, 0.1) is 9.50 Å². The third-order valence-corrected chi connectivity index (χ3v) is 4.43. The lowest BCUT2D eigenvalue weighted by molar-refractivity contribution is 0.479. The molecule has 2 nitrogen and oxygen atoms in total. The van der Waals surface area contributed by atoms with Gasteiger partial charge in [0, 0.05) is 17.6 Å². The second-order valence-electron chi connectivity index (χ2n) is 5.10. The summed E-state index contributed by atoms with van der Waals surface area (Å²) < 4.78 is 6.74. The molecule has 0 aliphatic heterocycles. The largest absolute Gasteiger partial charge is 0.455 e. The molecule has 0 bridgehead atoms. The van der Waals surface area contributed by atoms with E-state index in [1.165, 1.54) is 18.4 Å². The standard InChI is InChI=1S/C16H14BrCl2NO/c17-13-7-10(9-20-12-3-4-12)1-5-15(13)21-16-6-2-11(18)8-14(16)19/h1-2,5-8,12,20H,3-4,9H2. The molecule has 1 fully saturated rings. The lowest BCUT2D eigenvalue weighted by Gasteiger charge is -2.11. The van der Waals surface area contributed by atoms with E-state index in [0.29, 0.717) is 21.8 Å². The normalized spacial score (nSPS) is 14.2. The topological polar surface area (TPSA) is 21.3 Å². The third kappa shape index (κ3) is 4.13. The molecule has 1 N–H and O–H groups in total. The Kier molecular flexibility index (Phi) is 4.75. The maximum Gasteiger partial charge on any atom is 0.146 e. The molecule has 0 radical (unpaired) electrons. The van der Waals surface area contributed by atoms with Crippen molar-refractivity contribution in [3.63, 3.8) is 0 Å². The number of halogens is 3. The van der Waals surface area contributed by atoms with Crippen LogP contribution in [0.1, 0.15) is 18.4 Å². The molecule has 0 aromatic heterocycles. The molecule has 2 aromatic rings. The lowest BCUT2D eigenvalue weighted by Crippen LogP contribution is -2.15. The van der Waals surface area contributed by atoms with Crippen molar-refractivity contribution < 1.29 is 4.74 Å². The summed E-state index contributed by atoms with van der Waals surface area (Å²) in [6.45, 7) is 0.880. The first-order valence-electron chi connectivity index (χ1n) is 6.76. The summed E-state index contributed by atoms with van der Waals surface area (Å²) in [5.41, 5.74) is 1.23. The van der Waals surface area contributed by atoms with Crippen molar-refractivity contribution in [2.45, 2.75) is 25.4 Å². The van der Waals surface area contributed by atoms with Crippen molar-refractivity contribution in [2.24, 2.45) is 0 Å². The highest BCUT2D eigenvalue weighted by atomic mass is 79.9. The number of ether oxygens (including phenoxy) is 1. The minimum Gasteiger partial charge on any atom is -0.455 e. The van der Waals surface area contributed by atoms with Gasteiger partial charge in [0.1, 0.15) is 11.5 Å². The Labute approximate surface area is 142 Å². The van der Waals surface area contributed by atoms with Gasteiger partial charge in [-0.15, -0.1) is 0 Å². The highest BCUT2D eigenvalue weighted by Gasteiger charge is 2.20. The van der Waals surface area contributed by atoms with Crippen molar-refractivity contribution in [3.05, 3.63) is 56.5 Å². The van der Waals surface area contributed by atoms with Crippen LogP contribution in [0, 0.1) is 0 Å². The van der Waals surface area contributed by atoms with Crippen molar-refractivity contribution in [1.82, 2.24) is 5.32 Å². The van der Waals surface area contributed by atoms with E-state index >= 15 is 0 Å². The van der Waals surface area contributed by atoms with Gasteiger partial charge in [0.15, 0.2) is 0 Å². The van der Waals surface area contributed by atoms with Gasteiger partial charge in [0.25, 0.3) is 0 Å². The van der Waals surface area contributed by atoms with E-state index in [1.54, 1.807) is 18.2 Å². The fourth-order valence-electron chi connectivity index (χ4n) is 1.96. The fourth-order valence-corrected chi connectivity index (χ4v) is 2.92. The molecule has 110 valence electrons. The van der Waals surface area contributed by atoms with Crippen LogP contribution < -0.4 is 10.1 Å². The molecule has 0 spiro atoms. The Morgan fingerprint density at radius 2 is 1.86 bits per heavy atom. The Bertz CT molecular complexity index is 659. The van der Waals surface area contributed by atoms with Gasteiger partial charge in [-0.25, -0.2) is 0 Å². The first-order valence-corrected chi connectivity index (χ1v) is 8.31. The third-order valence-electron chi connectivity index (χ3n) is 3.28. The van der Waals surface area contributed by atoms with Gasteiger partial charge in [-0.2, -0.15) is 0 Å². The number of hydrogen-bond acceptors (Lipinski definition) is 2. The van der Waals surface area contributed by atoms with Crippen LogP contribution in [0.15, 0.2) is 40.9 Å². The average molecular weight is 387 g/mol. The summed E-state index contributed by atoms with van der Waals surface area (Å²) in [5.74, 6) is 1.32. The molecule has 0 amide bonds. The Morgan fingerprint density at radius 1 is 1.10 bits per heavy atom. The highest BCUT2D eigenvalue weighted by molar-refractivity contribution is 9.10. The van der Waals surface area contributed by atoms with Crippen LogP contribution in [-0.4, -0.2) is 6.04 Å². The lowest BCUT2D eigenvalue weighted by atomic mass is 10.2. The number of hydrogen-bond donors (Lipinski definition) is 1.